The number of rotatable bonds is 2. The molecule has 0 saturated heterocycles. The molecule has 3 rings (SSSR count). The molecule has 5 heteroatoms. The third-order valence-corrected chi connectivity index (χ3v) is 3.44. The van der Waals surface area contributed by atoms with Crippen LogP contribution in [0.25, 0.3) is 11.2 Å². The molecule has 0 fully saturated rings. The zero-order valence-electron chi connectivity index (χ0n) is 12.9. The van der Waals surface area contributed by atoms with Crippen LogP contribution in [0.5, 0.6) is 0 Å². The minimum absolute atomic E-state index is 0.121. The van der Waals surface area contributed by atoms with Gasteiger partial charge in [0.05, 0.1) is 12.0 Å². The van der Waals surface area contributed by atoms with Gasteiger partial charge in [-0.25, -0.2) is 9.97 Å². The van der Waals surface area contributed by atoms with Crippen LogP contribution in [0.1, 0.15) is 31.1 Å². The van der Waals surface area contributed by atoms with Gasteiger partial charge in [-0.3, -0.25) is 4.79 Å². The summed E-state index contributed by atoms with van der Waals surface area (Å²) in [5.41, 5.74) is 2.62. The summed E-state index contributed by atoms with van der Waals surface area (Å²) in [6.07, 6.45) is 3.45. The first-order valence-electron chi connectivity index (χ1n) is 7.16. The largest absolute Gasteiger partial charge is 0.320 e. The Morgan fingerprint density at radius 1 is 1.09 bits per heavy atom. The first kappa shape index (κ1) is 14.3. The van der Waals surface area contributed by atoms with Gasteiger partial charge in [0.2, 0.25) is 0 Å². The molecule has 0 bridgehead atoms. The van der Waals surface area contributed by atoms with E-state index in [1.165, 1.54) is 0 Å². The van der Waals surface area contributed by atoms with Crippen LogP contribution in [0.3, 0.4) is 0 Å². The van der Waals surface area contributed by atoms with Crippen LogP contribution in [-0.4, -0.2) is 20.4 Å². The molecule has 5 nitrogen and oxygen atoms in total. The number of anilines is 1. The lowest BCUT2D eigenvalue weighted by atomic mass is 10.1. The predicted octanol–water partition coefficient (Wildman–Crippen LogP) is 3.44. The van der Waals surface area contributed by atoms with Crippen molar-refractivity contribution in [2.45, 2.75) is 26.3 Å². The highest BCUT2D eigenvalue weighted by molar-refractivity contribution is 6.07. The summed E-state index contributed by atoms with van der Waals surface area (Å²) >= 11 is 0. The summed E-state index contributed by atoms with van der Waals surface area (Å²) < 4.78 is 2.00. The molecule has 0 unspecified atom stereocenters. The van der Waals surface area contributed by atoms with Crippen LogP contribution >= 0.6 is 0 Å². The van der Waals surface area contributed by atoms with Crippen LogP contribution < -0.4 is 5.32 Å². The van der Waals surface area contributed by atoms with Crippen molar-refractivity contribution in [2.75, 3.05) is 5.32 Å². The first-order chi connectivity index (χ1) is 10.5. The van der Waals surface area contributed by atoms with Gasteiger partial charge in [-0.1, -0.05) is 18.2 Å². The van der Waals surface area contributed by atoms with Crippen LogP contribution in [0.2, 0.25) is 0 Å². The molecule has 1 aromatic carbocycles. The number of carbonyl (C=O) groups is 1. The molecule has 0 atom stereocenters. The molecule has 3 aromatic rings. The lowest BCUT2D eigenvalue weighted by molar-refractivity contribution is 0.102. The van der Waals surface area contributed by atoms with Crippen LogP contribution in [-0.2, 0) is 5.54 Å². The Morgan fingerprint density at radius 3 is 2.50 bits per heavy atom. The van der Waals surface area contributed by atoms with Crippen molar-refractivity contribution < 1.29 is 4.79 Å². The number of nitrogens with zero attached hydrogens (tertiary/aromatic N) is 3. The van der Waals surface area contributed by atoms with Crippen molar-refractivity contribution in [2.24, 2.45) is 0 Å². The summed E-state index contributed by atoms with van der Waals surface area (Å²) in [5, 5.41) is 2.91. The third-order valence-electron chi connectivity index (χ3n) is 3.44. The molecule has 0 aliphatic heterocycles. The van der Waals surface area contributed by atoms with Crippen molar-refractivity contribution in [3.8, 4) is 0 Å². The molecule has 112 valence electrons. The minimum Gasteiger partial charge on any atom is -0.320 e. The Morgan fingerprint density at radius 2 is 1.82 bits per heavy atom. The molecule has 0 aliphatic rings. The van der Waals surface area contributed by atoms with E-state index in [0.717, 1.165) is 5.65 Å². The number of hydrogen-bond acceptors (Lipinski definition) is 3. The molecule has 1 amide bonds. The fraction of sp³-hybridized carbons (Fsp3) is 0.235. The monoisotopic (exact) mass is 294 g/mol. The number of benzene rings is 1. The lowest BCUT2D eigenvalue weighted by Crippen LogP contribution is -2.21. The fourth-order valence-electron chi connectivity index (χ4n) is 2.29. The Bertz CT molecular complexity index is 816. The van der Waals surface area contributed by atoms with Crippen molar-refractivity contribution in [1.82, 2.24) is 14.5 Å². The lowest BCUT2D eigenvalue weighted by Gasteiger charge is -2.20. The van der Waals surface area contributed by atoms with E-state index < -0.39 is 0 Å². The minimum atomic E-state index is -0.154. The number of nitrogens with one attached hydrogen (secondary N) is 1. The molecule has 0 spiro atoms. The number of fused-ring (bicyclic) bond motifs is 1. The standard InChI is InChI=1S/C17H18N4O/c1-17(2,3)21-11-19-14-13(9-10-18-15(14)21)20-16(22)12-7-5-4-6-8-12/h4-11H,1-3H3,(H,18,20,22). The Labute approximate surface area is 129 Å². The van der Waals surface area contributed by atoms with Gasteiger partial charge in [0, 0.05) is 17.3 Å². The summed E-state index contributed by atoms with van der Waals surface area (Å²) in [6, 6.07) is 10.9. The highest BCUT2D eigenvalue weighted by Crippen LogP contribution is 2.25. The van der Waals surface area contributed by atoms with Gasteiger partial charge in [-0.15, -0.1) is 0 Å². The zero-order chi connectivity index (χ0) is 15.7. The van der Waals surface area contributed by atoms with E-state index >= 15 is 0 Å². The predicted molar refractivity (Wildman–Crippen MR) is 86.9 cm³/mol. The van der Waals surface area contributed by atoms with E-state index in [-0.39, 0.29) is 11.4 Å². The van der Waals surface area contributed by atoms with Gasteiger partial charge in [-0.2, -0.15) is 0 Å². The molecule has 0 saturated carbocycles. The molecule has 2 aromatic heterocycles. The van der Waals surface area contributed by atoms with Gasteiger partial charge in [-0.05, 0) is 39.0 Å². The van der Waals surface area contributed by atoms with Gasteiger partial charge in [0.15, 0.2) is 5.65 Å². The van der Waals surface area contributed by atoms with E-state index in [9.17, 15) is 4.79 Å². The number of aromatic nitrogens is 3. The molecule has 2 heterocycles. The summed E-state index contributed by atoms with van der Waals surface area (Å²) in [4.78, 5) is 21.1. The molecular weight excluding hydrogens is 276 g/mol. The summed E-state index contributed by atoms with van der Waals surface area (Å²) in [7, 11) is 0. The fourth-order valence-corrected chi connectivity index (χ4v) is 2.29. The first-order valence-corrected chi connectivity index (χ1v) is 7.16. The highest BCUT2D eigenvalue weighted by atomic mass is 16.1. The number of hydrogen-bond donors (Lipinski definition) is 1. The topological polar surface area (TPSA) is 59.8 Å². The number of imidazole rings is 1. The van der Waals surface area contributed by atoms with Gasteiger partial charge < -0.3 is 9.88 Å². The Hall–Kier alpha value is -2.69. The summed E-state index contributed by atoms with van der Waals surface area (Å²) in [6.45, 7) is 6.26. The Kier molecular flexibility index (Phi) is 3.41. The van der Waals surface area contributed by atoms with Crippen molar-refractivity contribution >= 4 is 22.8 Å². The molecule has 22 heavy (non-hydrogen) atoms. The molecular formula is C17H18N4O. The Balaban J connectivity index is 1.99. The van der Waals surface area contributed by atoms with Crippen LogP contribution in [0.15, 0.2) is 48.9 Å². The second-order valence-corrected chi connectivity index (χ2v) is 6.14. The van der Waals surface area contributed by atoms with Crippen molar-refractivity contribution in [3.05, 3.63) is 54.5 Å². The normalized spacial score (nSPS) is 11.6. The third kappa shape index (κ3) is 2.57. The average molecular weight is 294 g/mol. The van der Waals surface area contributed by atoms with Crippen molar-refractivity contribution in [1.29, 1.82) is 0 Å². The number of amides is 1. The average Bonchev–Trinajstić information content (AvgIpc) is 2.93. The molecule has 1 N–H and O–H groups in total. The maximum absolute atomic E-state index is 12.3. The zero-order valence-corrected chi connectivity index (χ0v) is 12.9. The maximum Gasteiger partial charge on any atom is 0.255 e. The molecule has 0 aliphatic carbocycles. The van der Waals surface area contributed by atoms with E-state index in [1.807, 2.05) is 22.8 Å². The maximum atomic E-state index is 12.3. The van der Waals surface area contributed by atoms with Gasteiger partial charge in [0.25, 0.3) is 5.91 Å². The van der Waals surface area contributed by atoms with Crippen LogP contribution in [0, 0.1) is 0 Å². The van der Waals surface area contributed by atoms with E-state index in [4.69, 9.17) is 0 Å². The van der Waals surface area contributed by atoms with Crippen molar-refractivity contribution in [3.63, 3.8) is 0 Å². The van der Waals surface area contributed by atoms with Crippen LogP contribution in [0.4, 0.5) is 5.69 Å². The van der Waals surface area contributed by atoms with E-state index in [0.29, 0.717) is 16.8 Å². The second kappa shape index (κ2) is 5.26. The summed E-state index contributed by atoms with van der Waals surface area (Å²) in [5.74, 6) is -0.154. The SMILES string of the molecule is CC(C)(C)n1cnc2c(NC(=O)c3ccccc3)ccnc21. The number of pyridine rings is 1. The highest BCUT2D eigenvalue weighted by Gasteiger charge is 2.19. The second-order valence-electron chi connectivity index (χ2n) is 6.14. The quantitative estimate of drug-likeness (QED) is 0.787. The van der Waals surface area contributed by atoms with Gasteiger partial charge in [0.1, 0.15) is 5.52 Å². The van der Waals surface area contributed by atoms with Gasteiger partial charge >= 0.3 is 0 Å². The number of carbonyl (C=O) groups excluding carboxylic acids is 1. The molecule has 0 radical (unpaired) electrons. The smallest absolute Gasteiger partial charge is 0.255 e. The van der Waals surface area contributed by atoms with E-state index in [2.05, 4.69) is 36.1 Å². The van der Waals surface area contributed by atoms with E-state index in [1.54, 1.807) is 30.7 Å².